The van der Waals surface area contributed by atoms with Crippen LogP contribution in [0.2, 0.25) is 0 Å². The van der Waals surface area contributed by atoms with Gasteiger partial charge in [0.05, 0.1) is 0 Å². The number of hydrogen-bond donors (Lipinski definition) is 0. The molecule has 0 saturated heterocycles. The van der Waals surface area contributed by atoms with E-state index in [-0.39, 0.29) is 0 Å². The lowest BCUT2D eigenvalue weighted by Crippen LogP contribution is -1.87. The predicted molar refractivity (Wildman–Crippen MR) is 83.0 cm³/mol. The minimum absolute atomic E-state index is 1.09. The summed E-state index contributed by atoms with van der Waals surface area (Å²) in [6, 6.07) is 17.8. The molecule has 0 aromatic heterocycles. The number of fused-ring (bicyclic) bond motifs is 1. The summed E-state index contributed by atoms with van der Waals surface area (Å²) in [7, 11) is 0. The molecule has 0 radical (unpaired) electrons. The van der Waals surface area contributed by atoms with Crippen molar-refractivity contribution in [3.63, 3.8) is 0 Å². The highest BCUT2D eigenvalue weighted by atomic mass is 14.2. The van der Waals surface area contributed by atoms with E-state index in [2.05, 4.69) is 62.4 Å². The highest BCUT2D eigenvalue weighted by Gasteiger charge is 2.21. The number of benzene rings is 2. The van der Waals surface area contributed by atoms with Gasteiger partial charge in [-0.3, -0.25) is 0 Å². The molecule has 0 aliphatic heterocycles. The number of allylic oxidation sites excluding steroid dienone is 2. The third-order valence-corrected chi connectivity index (χ3v) is 3.97. The van der Waals surface area contributed by atoms with E-state index >= 15 is 0 Å². The third kappa shape index (κ3) is 2.23. The molecule has 0 unspecified atom stereocenters. The zero-order valence-corrected chi connectivity index (χ0v) is 11.7. The second-order valence-electron chi connectivity index (χ2n) is 5.41. The van der Waals surface area contributed by atoms with Crippen LogP contribution in [-0.4, -0.2) is 0 Å². The van der Waals surface area contributed by atoms with E-state index in [9.17, 15) is 0 Å². The van der Waals surface area contributed by atoms with Crippen LogP contribution >= 0.6 is 0 Å². The zero-order valence-electron chi connectivity index (χ0n) is 11.7. The van der Waals surface area contributed by atoms with Gasteiger partial charge in [-0.25, -0.2) is 0 Å². The van der Waals surface area contributed by atoms with Crippen LogP contribution < -0.4 is 0 Å². The molecule has 0 atom stereocenters. The molecule has 0 heterocycles. The fraction of sp³-hybridized carbons (Fsp3) is 0.263. The SMILES string of the molecule is CCCC1=C(c2ccc(C)cc2)Cc2ccccc21. The summed E-state index contributed by atoms with van der Waals surface area (Å²) >= 11 is 0. The molecule has 0 nitrogen and oxygen atoms in total. The second kappa shape index (κ2) is 5.05. The van der Waals surface area contributed by atoms with Crippen molar-refractivity contribution in [3.05, 3.63) is 70.8 Å². The quantitative estimate of drug-likeness (QED) is 0.695. The lowest BCUT2D eigenvalue weighted by atomic mass is 9.97. The van der Waals surface area contributed by atoms with E-state index in [4.69, 9.17) is 0 Å². The Morgan fingerprint density at radius 3 is 2.42 bits per heavy atom. The summed E-state index contributed by atoms with van der Waals surface area (Å²) in [5, 5.41) is 0. The molecule has 0 amide bonds. The normalized spacial score (nSPS) is 13.8. The van der Waals surface area contributed by atoms with Crippen molar-refractivity contribution in [2.75, 3.05) is 0 Å². The summed E-state index contributed by atoms with van der Waals surface area (Å²) in [4.78, 5) is 0. The van der Waals surface area contributed by atoms with Gasteiger partial charge in [-0.2, -0.15) is 0 Å². The van der Waals surface area contributed by atoms with Crippen molar-refractivity contribution in [2.24, 2.45) is 0 Å². The minimum atomic E-state index is 1.09. The monoisotopic (exact) mass is 248 g/mol. The maximum atomic E-state index is 2.28. The standard InChI is InChI=1S/C19H20/c1-3-6-18-17-8-5-4-7-16(17)13-19(18)15-11-9-14(2)10-12-15/h4-5,7-12H,3,6,13H2,1-2H3. The average Bonchev–Trinajstić information content (AvgIpc) is 2.79. The van der Waals surface area contributed by atoms with E-state index in [1.54, 1.807) is 5.57 Å². The Morgan fingerprint density at radius 1 is 0.947 bits per heavy atom. The Bertz CT molecular complexity index is 615. The molecule has 0 heteroatoms. The Labute approximate surface area is 115 Å². The molecule has 96 valence electrons. The summed E-state index contributed by atoms with van der Waals surface area (Å²) in [5.41, 5.74) is 8.77. The van der Waals surface area contributed by atoms with Gasteiger partial charge in [0, 0.05) is 0 Å². The first-order valence-electron chi connectivity index (χ1n) is 7.17. The van der Waals surface area contributed by atoms with E-state index < -0.39 is 0 Å². The van der Waals surface area contributed by atoms with Crippen LogP contribution in [0.5, 0.6) is 0 Å². The molecule has 0 N–H and O–H groups in total. The third-order valence-electron chi connectivity index (χ3n) is 3.97. The van der Waals surface area contributed by atoms with Crippen LogP contribution in [0.15, 0.2) is 48.5 Å². The van der Waals surface area contributed by atoms with Crippen molar-refractivity contribution in [2.45, 2.75) is 33.1 Å². The Balaban J connectivity index is 2.09. The molecule has 0 spiro atoms. The number of hydrogen-bond acceptors (Lipinski definition) is 0. The second-order valence-corrected chi connectivity index (χ2v) is 5.41. The molecule has 1 aliphatic carbocycles. The summed E-state index contributed by atoms with van der Waals surface area (Å²) in [5.74, 6) is 0. The lowest BCUT2D eigenvalue weighted by molar-refractivity contribution is 0.976. The Morgan fingerprint density at radius 2 is 1.68 bits per heavy atom. The van der Waals surface area contributed by atoms with Gasteiger partial charge in [-0.15, -0.1) is 0 Å². The van der Waals surface area contributed by atoms with Crippen LogP contribution in [0.4, 0.5) is 0 Å². The van der Waals surface area contributed by atoms with Crippen molar-refractivity contribution in [1.29, 1.82) is 0 Å². The Hall–Kier alpha value is -1.82. The Kier molecular flexibility index (Phi) is 3.25. The summed E-state index contributed by atoms with van der Waals surface area (Å²) in [6.45, 7) is 4.41. The molecule has 2 aromatic rings. The van der Waals surface area contributed by atoms with E-state index in [1.807, 2.05) is 0 Å². The predicted octanol–water partition coefficient (Wildman–Crippen LogP) is 5.26. The molecule has 19 heavy (non-hydrogen) atoms. The molecule has 0 saturated carbocycles. The van der Waals surface area contributed by atoms with Crippen LogP contribution in [-0.2, 0) is 6.42 Å². The average molecular weight is 248 g/mol. The fourth-order valence-electron chi connectivity index (χ4n) is 3.00. The first-order valence-corrected chi connectivity index (χ1v) is 7.17. The first-order chi connectivity index (χ1) is 9.29. The molecule has 0 fully saturated rings. The van der Waals surface area contributed by atoms with Gasteiger partial charge in [0.15, 0.2) is 0 Å². The maximum absolute atomic E-state index is 2.28. The first kappa shape index (κ1) is 12.2. The molecule has 1 aliphatic rings. The van der Waals surface area contributed by atoms with Crippen LogP contribution in [0.25, 0.3) is 11.1 Å². The van der Waals surface area contributed by atoms with Crippen molar-refractivity contribution in [1.82, 2.24) is 0 Å². The van der Waals surface area contributed by atoms with E-state index in [0.29, 0.717) is 0 Å². The topological polar surface area (TPSA) is 0 Å². The maximum Gasteiger partial charge on any atom is -0.00108 e. The fourth-order valence-corrected chi connectivity index (χ4v) is 3.00. The van der Waals surface area contributed by atoms with Crippen LogP contribution in [0.1, 0.15) is 42.0 Å². The van der Waals surface area contributed by atoms with Gasteiger partial charge in [-0.1, -0.05) is 67.4 Å². The minimum Gasteiger partial charge on any atom is -0.0651 e. The van der Waals surface area contributed by atoms with Gasteiger partial charge >= 0.3 is 0 Å². The van der Waals surface area contributed by atoms with Crippen molar-refractivity contribution >= 4 is 11.1 Å². The van der Waals surface area contributed by atoms with Crippen LogP contribution in [0.3, 0.4) is 0 Å². The molecule has 3 rings (SSSR count). The molecule has 2 aromatic carbocycles. The van der Waals surface area contributed by atoms with Gasteiger partial charge in [0.1, 0.15) is 0 Å². The van der Waals surface area contributed by atoms with Gasteiger partial charge in [-0.05, 0) is 47.6 Å². The van der Waals surface area contributed by atoms with Crippen molar-refractivity contribution < 1.29 is 0 Å². The highest BCUT2D eigenvalue weighted by molar-refractivity contribution is 5.97. The summed E-state index contributed by atoms with van der Waals surface area (Å²) < 4.78 is 0. The smallest absolute Gasteiger partial charge is 0.00108 e. The van der Waals surface area contributed by atoms with Gasteiger partial charge < -0.3 is 0 Å². The van der Waals surface area contributed by atoms with E-state index in [1.165, 1.54) is 40.7 Å². The summed E-state index contributed by atoms with van der Waals surface area (Å²) in [6.07, 6.45) is 3.48. The van der Waals surface area contributed by atoms with Crippen molar-refractivity contribution in [3.8, 4) is 0 Å². The molecular formula is C19H20. The van der Waals surface area contributed by atoms with Gasteiger partial charge in [0.2, 0.25) is 0 Å². The number of aryl methyl sites for hydroxylation is 1. The molecule has 0 bridgehead atoms. The van der Waals surface area contributed by atoms with Crippen LogP contribution in [0, 0.1) is 6.92 Å². The lowest BCUT2D eigenvalue weighted by Gasteiger charge is -2.08. The molecular weight excluding hydrogens is 228 g/mol. The van der Waals surface area contributed by atoms with E-state index in [0.717, 1.165) is 6.42 Å². The zero-order chi connectivity index (χ0) is 13.2. The number of rotatable bonds is 3. The largest absolute Gasteiger partial charge is 0.0651 e. The highest BCUT2D eigenvalue weighted by Crippen LogP contribution is 2.40. The van der Waals surface area contributed by atoms with Gasteiger partial charge in [0.25, 0.3) is 0 Å².